The van der Waals surface area contributed by atoms with Gasteiger partial charge in [0.15, 0.2) is 6.54 Å². The first-order chi connectivity index (χ1) is 13.2. The molecule has 1 aromatic carbocycles. The molecule has 1 atom stereocenters. The SMILES string of the molecule is CCOC(=O)c1c(NC(=O)C[NH+]2CCc3ccccc3C2)sc2c1CCC2. The second kappa shape index (κ2) is 7.82. The zero-order chi connectivity index (χ0) is 18.8. The van der Waals surface area contributed by atoms with Crippen LogP contribution in [0.4, 0.5) is 5.00 Å². The fourth-order valence-electron chi connectivity index (χ4n) is 4.10. The molecule has 1 aliphatic heterocycles. The van der Waals surface area contributed by atoms with Crippen LogP contribution in [0.2, 0.25) is 0 Å². The van der Waals surface area contributed by atoms with E-state index in [9.17, 15) is 9.59 Å². The summed E-state index contributed by atoms with van der Waals surface area (Å²) in [6, 6.07) is 8.45. The zero-order valence-electron chi connectivity index (χ0n) is 15.6. The third-order valence-corrected chi connectivity index (χ3v) is 6.58. The van der Waals surface area contributed by atoms with Gasteiger partial charge in [-0.2, -0.15) is 0 Å². The summed E-state index contributed by atoms with van der Waals surface area (Å²) in [5, 5.41) is 3.68. The number of esters is 1. The van der Waals surface area contributed by atoms with Crippen molar-refractivity contribution in [2.75, 3.05) is 25.0 Å². The Labute approximate surface area is 163 Å². The summed E-state index contributed by atoms with van der Waals surface area (Å²) in [4.78, 5) is 27.6. The maximum atomic E-state index is 12.7. The molecule has 0 fully saturated rings. The van der Waals surface area contributed by atoms with E-state index in [0.717, 1.165) is 44.3 Å². The first-order valence-corrected chi connectivity index (χ1v) is 10.5. The third-order valence-electron chi connectivity index (χ3n) is 5.37. The van der Waals surface area contributed by atoms with Gasteiger partial charge in [-0.25, -0.2) is 4.79 Å². The van der Waals surface area contributed by atoms with Gasteiger partial charge < -0.3 is 15.0 Å². The van der Waals surface area contributed by atoms with E-state index < -0.39 is 0 Å². The number of hydrogen-bond donors (Lipinski definition) is 2. The molecule has 1 aliphatic carbocycles. The first-order valence-electron chi connectivity index (χ1n) is 9.67. The van der Waals surface area contributed by atoms with Crippen LogP contribution in [0.1, 0.15) is 45.3 Å². The van der Waals surface area contributed by atoms with Gasteiger partial charge in [-0.3, -0.25) is 4.79 Å². The van der Waals surface area contributed by atoms with E-state index in [1.165, 1.54) is 32.2 Å². The number of quaternary nitrogens is 1. The van der Waals surface area contributed by atoms with Gasteiger partial charge in [0.2, 0.25) is 0 Å². The molecule has 1 amide bonds. The molecule has 0 radical (unpaired) electrons. The molecule has 0 bridgehead atoms. The van der Waals surface area contributed by atoms with Crippen molar-refractivity contribution < 1.29 is 19.2 Å². The molecule has 1 unspecified atom stereocenters. The normalized spacial score (nSPS) is 17.9. The number of aryl methyl sites for hydroxylation is 1. The molecule has 6 heteroatoms. The quantitative estimate of drug-likeness (QED) is 0.774. The van der Waals surface area contributed by atoms with E-state index in [4.69, 9.17) is 4.74 Å². The molecule has 0 saturated heterocycles. The van der Waals surface area contributed by atoms with Crippen molar-refractivity contribution in [3.63, 3.8) is 0 Å². The summed E-state index contributed by atoms with van der Waals surface area (Å²) in [6.07, 6.45) is 3.94. The highest BCUT2D eigenvalue weighted by atomic mass is 32.1. The molecule has 27 heavy (non-hydrogen) atoms. The first kappa shape index (κ1) is 18.2. The Morgan fingerprint density at radius 1 is 1.19 bits per heavy atom. The molecule has 2 aromatic rings. The van der Waals surface area contributed by atoms with Crippen LogP contribution in [0, 0.1) is 0 Å². The number of rotatable bonds is 5. The zero-order valence-corrected chi connectivity index (χ0v) is 16.4. The van der Waals surface area contributed by atoms with E-state index >= 15 is 0 Å². The summed E-state index contributed by atoms with van der Waals surface area (Å²) in [5.41, 5.74) is 4.38. The van der Waals surface area contributed by atoms with Crippen LogP contribution >= 0.6 is 11.3 Å². The maximum Gasteiger partial charge on any atom is 0.341 e. The van der Waals surface area contributed by atoms with Gasteiger partial charge in [0.1, 0.15) is 11.5 Å². The van der Waals surface area contributed by atoms with Crippen molar-refractivity contribution in [3.05, 3.63) is 51.4 Å². The summed E-state index contributed by atoms with van der Waals surface area (Å²) >= 11 is 1.54. The molecular formula is C21H25N2O3S+. The number of ether oxygens (including phenoxy) is 1. The highest BCUT2D eigenvalue weighted by Gasteiger charge is 2.29. The Morgan fingerprint density at radius 3 is 2.81 bits per heavy atom. The highest BCUT2D eigenvalue weighted by molar-refractivity contribution is 7.17. The van der Waals surface area contributed by atoms with E-state index in [2.05, 4.69) is 29.6 Å². The fraction of sp³-hybridized carbons (Fsp3) is 0.429. The molecule has 142 valence electrons. The molecule has 4 rings (SSSR count). The van der Waals surface area contributed by atoms with E-state index in [-0.39, 0.29) is 11.9 Å². The lowest BCUT2D eigenvalue weighted by Crippen LogP contribution is -3.12. The van der Waals surface area contributed by atoms with Crippen molar-refractivity contribution in [2.45, 2.75) is 39.2 Å². The standard InChI is InChI=1S/C21H24N2O3S/c1-2-26-21(25)19-16-8-5-9-17(16)27-20(19)22-18(24)13-23-11-10-14-6-3-4-7-15(14)12-23/h3-4,6-7H,2,5,8-13H2,1H3,(H,22,24)/p+1. The van der Waals surface area contributed by atoms with Crippen molar-refractivity contribution >= 4 is 28.2 Å². The summed E-state index contributed by atoms with van der Waals surface area (Å²) in [6.45, 7) is 4.39. The third kappa shape index (κ3) is 3.77. The molecular weight excluding hydrogens is 360 g/mol. The lowest BCUT2D eigenvalue weighted by Gasteiger charge is -2.25. The van der Waals surface area contributed by atoms with Crippen LogP contribution in [0.25, 0.3) is 0 Å². The second-order valence-electron chi connectivity index (χ2n) is 7.20. The van der Waals surface area contributed by atoms with Crippen LogP contribution in [0.5, 0.6) is 0 Å². The molecule has 0 spiro atoms. The average molecular weight is 386 g/mol. The average Bonchev–Trinajstić information content (AvgIpc) is 3.22. The number of hydrogen-bond acceptors (Lipinski definition) is 4. The van der Waals surface area contributed by atoms with Crippen molar-refractivity contribution in [3.8, 4) is 0 Å². The molecule has 2 heterocycles. The summed E-state index contributed by atoms with van der Waals surface area (Å²) < 4.78 is 5.23. The van der Waals surface area contributed by atoms with Crippen molar-refractivity contribution in [1.29, 1.82) is 0 Å². The Hall–Kier alpha value is -2.18. The molecule has 2 N–H and O–H groups in total. The summed E-state index contributed by atoms with van der Waals surface area (Å²) in [7, 11) is 0. The van der Waals surface area contributed by atoms with Gasteiger partial charge in [-0.1, -0.05) is 24.3 Å². The maximum absolute atomic E-state index is 12.7. The molecule has 5 nitrogen and oxygen atoms in total. The van der Waals surface area contributed by atoms with Gasteiger partial charge in [0, 0.05) is 16.9 Å². The van der Waals surface area contributed by atoms with E-state index in [1.54, 1.807) is 6.92 Å². The van der Waals surface area contributed by atoms with Crippen LogP contribution in [-0.2, 0) is 35.3 Å². The molecule has 2 aliphatic rings. The van der Waals surface area contributed by atoms with Crippen LogP contribution < -0.4 is 10.2 Å². The minimum absolute atomic E-state index is 0.0325. The number of amides is 1. The second-order valence-corrected chi connectivity index (χ2v) is 8.31. The van der Waals surface area contributed by atoms with Gasteiger partial charge in [0.05, 0.1) is 18.7 Å². The lowest BCUT2D eigenvalue weighted by molar-refractivity contribution is -0.907. The predicted octanol–water partition coefficient (Wildman–Crippen LogP) is 1.99. The number of carbonyl (C=O) groups is 2. The molecule has 0 saturated carbocycles. The number of carbonyl (C=O) groups excluding carboxylic acids is 2. The number of anilines is 1. The van der Waals surface area contributed by atoms with Gasteiger partial charge >= 0.3 is 5.97 Å². The monoisotopic (exact) mass is 385 g/mol. The lowest BCUT2D eigenvalue weighted by atomic mass is 10.00. The van der Waals surface area contributed by atoms with Crippen molar-refractivity contribution in [1.82, 2.24) is 0 Å². The van der Waals surface area contributed by atoms with Crippen molar-refractivity contribution in [2.24, 2.45) is 0 Å². The number of nitrogens with one attached hydrogen (secondary N) is 2. The van der Waals surface area contributed by atoms with Gasteiger partial charge in [0.25, 0.3) is 5.91 Å². The highest BCUT2D eigenvalue weighted by Crippen LogP contribution is 2.39. The summed E-state index contributed by atoms with van der Waals surface area (Å²) in [5.74, 6) is -0.346. The van der Waals surface area contributed by atoms with E-state index in [1.807, 2.05) is 0 Å². The fourth-order valence-corrected chi connectivity index (χ4v) is 5.40. The number of thiophene rings is 1. The smallest absolute Gasteiger partial charge is 0.341 e. The minimum Gasteiger partial charge on any atom is -0.462 e. The molecule has 1 aromatic heterocycles. The Bertz CT molecular complexity index is 874. The van der Waals surface area contributed by atoms with Crippen LogP contribution in [0.3, 0.4) is 0 Å². The van der Waals surface area contributed by atoms with Crippen LogP contribution in [-0.4, -0.2) is 31.6 Å². The number of fused-ring (bicyclic) bond motifs is 2. The Morgan fingerprint density at radius 2 is 2.00 bits per heavy atom. The van der Waals surface area contributed by atoms with Gasteiger partial charge in [-0.15, -0.1) is 11.3 Å². The minimum atomic E-state index is -0.313. The van der Waals surface area contributed by atoms with Crippen LogP contribution in [0.15, 0.2) is 24.3 Å². The largest absolute Gasteiger partial charge is 0.462 e. The van der Waals surface area contributed by atoms with E-state index in [0.29, 0.717) is 23.7 Å². The Kier molecular flexibility index (Phi) is 5.27. The van der Waals surface area contributed by atoms with Gasteiger partial charge in [-0.05, 0) is 37.3 Å². The topological polar surface area (TPSA) is 59.8 Å². The Balaban J connectivity index is 1.45. The number of benzene rings is 1. The predicted molar refractivity (Wildman–Crippen MR) is 105 cm³/mol.